The Kier molecular flexibility index (Phi) is 3.90. The van der Waals surface area contributed by atoms with Crippen molar-refractivity contribution in [2.24, 2.45) is 7.05 Å². The number of nitrogens with zero attached hydrogens (tertiary/aromatic N) is 4. The molecule has 0 amide bonds. The van der Waals surface area contributed by atoms with Gasteiger partial charge in [-0.05, 0) is 24.6 Å². The largest absolute Gasteiger partial charge is 0.309 e. The van der Waals surface area contributed by atoms with Crippen molar-refractivity contribution in [1.29, 1.82) is 5.26 Å². The van der Waals surface area contributed by atoms with E-state index in [0.29, 0.717) is 16.3 Å². The monoisotopic (exact) mass is 278 g/mol. The third-order valence-corrected chi connectivity index (χ3v) is 4.01. The summed E-state index contributed by atoms with van der Waals surface area (Å²) < 4.78 is 1.93. The van der Waals surface area contributed by atoms with E-state index < -0.39 is 0 Å². The van der Waals surface area contributed by atoms with E-state index in [1.807, 2.05) is 24.6 Å². The minimum atomic E-state index is 0.572. The van der Waals surface area contributed by atoms with Gasteiger partial charge in [-0.3, -0.25) is 0 Å². The van der Waals surface area contributed by atoms with Gasteiger partial charge in [0.2, 0.25) is 0 Å². The zero-order chi connectivity index (χ0) is 13.1. The summed E-state index contributed by atoms with van der Waals surface area (Å²) >= 11 is 7.68. The third-order valence-electron chi connectivity index (χ3n) is 2.59. The van der Waals surface area contributed by atoms with Gasteiger partial charge in [0.1, 0.15) is 5.82 Å². The molecular weight excluding hydrogens is 268 g/mol. The Bertz CT molecular complexity index is 615. The molecule has 0 bridgehead atoms. The van der Waals surface area contributed by atoms with E-state index in [9.17, 15) is 0 Å². The first-order valence-corrected chi connectivity index (χ1v) is 6.65. The van der Waals surface area contributed by atoms with Gasteiger partial charge in [-0.2, -0.15) is 5.26 Å². The number of hydrogen-bond donors (Lipinski definition) is 0. The maximum atomic E-state index is 8.76. The molecule has 92 valence electrons. The SMILES string of the molecule is Cc1nnc(SCc2ccc(C#N)cc2Cl)n1C. The highest BCUT2D eigenvalue weighted by molar-refractivity contribution is 7.98. The van der Waals surface area contributed by atoms with Gasteiger partial charge in [0.25, 0.3) is 0 Å². The zero-order valence-electron chi connectivity index (χ0n) is 10.0. The fourth-order valence-electron chi connectivity index (χ4n) is 1.39. The van der Waals surface area contributed by atoms with Crippen LogP contribution < -0.4 is 0 Å². The van der Waals surface area contributed by atoms with Crippen molar-refractivity contribution >= 4 is 23.4 Å². The third kappa shape index (κ3) is 2.66. The number of halogens is 1. The summed E-state index contributed by atoms with van der Waals surface area (Å²) in [5.41, 5.74) is 1.56. The van der Waals surface area contributed by atoms with Crippen LogP contribution in [0.15, 0.2) is 23.4 Å². The fraction of sp³-hybridized carbons (Fsp3) is 0.250. The van der Waals surface area contributed by atoms with Gasteiger partial charge >= 0.3 is 0 Å². The molecule has 0 N–H and O–H groups in total. The van der Waals surface area contributed by atoms with Crippen LogP contribution in [0.4, 0.5) is 0 Å². The highest BCUT2D eigenvalue weighted by Gasteiger charge is 2.08. The van der Waals surface area contributed by atoms with Crippen LogP contribution in [-0.4, -0.2) is 14.8 Å². The van der Waals surface area contributed by atoms with Crippen molar-refractivity contribution < 1.29 is 0 Å². The predicted molar refractivity (Wildman–Crippen MR) is 71.5 cm³/mol. The van der Waals surface area contributed by atoms with Crippen molar-refractivity contribution in [2.75, 3.05) is 0 Å². The Morgan fingerprint density at radius 3 is 2.78 bits per heavy atom. The Labute approximate surface area is 115 Å². The zero-order valence-corrected chi connectivity index (χ0v) is 11.6. The molecule has 0 saturated heterocycles. The second-order valence-corrected chi connectivity index (χ2v) is 5.15. The van der Waals surface area contributed by atoms with Gasteiger partial charge in [0.05, 0.1) is 11.6 Å². The summed E-state index contributed by atoms with van der Waals surface area (Å²) in [5.74, 6) is 1.58. The fourth-order valence-corrected chi connectivity index (χ4v) is 2.68. The molecule has 0 aliphatic carbocycles. The van der Waals surface area contributed by atoms with Crippen LogP contribution in [0.5, 0.6) is 0 Å². The molecule has 0 atom stereocenters. The second kappa shape index (κ2) is 5.42. The van der Waals surface area contributed by atoms with Crippen LogP contribution >= 0.6 is 23.4 Å². The topological polar surface area (TPSA) is 54.5 Å². The smallest absolute Gasteiger partial charge is 0.191 e. The highest BCUT2D eigenvalue weighted by atomic mass is 35.5. The molecule has 6 heteroatoms. The summed E-state index contributed by atoms with van der Waals surface area (Å²) in [6.45, 7) is 1.91. The van der Waals surface area contributed by atoms with Gasteiger partial charge in [-0.25, -0.2) is 0 Å². The van der Waals surface area contributed by atoms with Gasteiger partial charge in [0.15, 0.2) is 5.16 Å². The number of aromatic nitrogens is 3. The van der Waals surface area contributed by atoms with Crippen LogP contribution in [0, 0.1) is 18.3 Å². The van der Waals surface area contributed by atoms with Crippen LogP contribution in [0.25, 0.3) is 0 Å². The highest BCUT2D eigenvalue weighted by Crippen LogP contribution is 2.26. The Balaban J connectivity index is 2.11. The molecule has 2 aromatic rings. The van der Waals surface area contributed by atoms with Crippen LogP contribution in [0.2, 0.25) is 5.02 Å². The average Bonchev–Trinajstić information content (AvgIpc) is 2.68. The molecule has 1 aromatic carbocycles. The summed E-state index contributed by atoms with van der Waals surface area (Å²) in [5, 5.41) is 18.3. The Hall–Kier alpha value is -1.51. The van der Waals surface area contributed by atoms with Crippen molar-refractivity contribution in [3.05, 3.63) is 40.2 Å². The minimum Gasteiger partial charge on any atom is -0.309 e. The number of nitriles is 1. The molecule has 18 heavy (non-hydrogen) atoms. The maximum Gasteiger partial charge on any atom is 0.191 e. The summed E-state index contributed by atoms with van der Waals surface area (Å²) in [4.78, 5) is 0. The van der Waals surface area contributed by atoms with Gasteiger partial charge in [-0.1, -0.05) is 29.4 Å². The normalized spacial score (nSPS) is 10.3. The number of hydrogen-bond acceptors (Lipinski definition) is 4. The molecule has 0 saturated carbocycles. The van der Waals surface area contributed by atoms with E-state index in [-0.39, 0.29) is 0 Å². The minimum absolute atomic E-state index is 0.572. The van der Waals surface area contributed by atoms with Crippen molar-refractivity contribution in [1.82, 2.24) is 14.8 Å². The van der Waals surface area contributed by atoms with E-state index in [4.69, 9.17) is 16.9 Å². The van der Waals surface area contributed by atoms with Gasteiger partial charge < -0.3 is 4.57 Å². The van der Waals surface area contributed by atoms with Crippen molar-refractivity contribution in [3.8, 4) is 6.07 Å². The Morgan fingerprint density at radius 2 is 2.22 bits per heavy atom. The lowest BCUT2D eigenvalue weighted by atomic mass is 10.2. The first-order chi connectivity index (χ1) is 8.61. The molecule has 0 radical (unpaired) electrons. The first-order valence-electron chi connectivity index (χ1n) is 5.29. The van der Waals surface area contributed by atoms with Crippen LogP contribution in [-0.2, 0) is 12.8 Å². The van der Waals surface area contributed by atoms with Crippen LogP contribution in [0.1, 0.15) is 17.0 Å². The van der Waals surface area contributed by atoms with Gasteiger partial charge in [0, 0.05) is 17.8 Å². The molecular formula is C12H11ClN4S. The number of aryl methyl sites for hydroxylation is 1. The standard InChI is InChI=1S/C12H11ClN4S/c1-8-15-16-12(17(8)2)18-7-10-4-3-9(6-14)5-11(10)13/h3-5H,7H2,1-2H3. The van der Waals surface area contributed by atoms with Gasteiger partial charge in [-0.15, -0.1) is 10.2 Å². The van der Waals surface area contributed by atoms with Crippen molar-refractivity contribution in [2.45, 2.75) is 17.8 Å². The number of thioether (sulfide) groups is 1. The average molecular weight is 279 g/mol. The summed E-state index contributed by atoms with van der Waals surface area (Å²) in [6, 6.07) is 7.38. The Morgan fingerprint density at radius 1 is 1.44 bits per heavy atom. The molecule has 0 spiro atoms. The first kappa shape index (κ1) is 12.9. The lowest BCUT2D eigenvalue weighted by Gasteiger charge is -2.04. The maximum absolute atomic E-state index is 8.76. The van der Waals surface area contributed by atoms with Crippen LogP contribution in [0.3, 0.4) is 0 Å². The molecule has 0 aliphatic heterocycles. The molecule has 0 unspecified atom stereocenters. The predicted octanol–water partition coefficient (Wildman–Crippen LogP) is 2.94. The summed E-state index contributed by atoms with van der Waals surface area (Å²) in [7, 11) is 1.93. The van der Waals surface area contributed by atoms with E-state index in [1.54, 1.807) is 23.9 Å². The lowest BCUT2D eigenvalue weighted by molar-refractivity contribution is 0.765. The number of rotatable bonds is 3. The molecule has 1 aromatic heterocycles. The molecule has 4 nitrogen and oxygen atoms in total. The van der Waals surface area contributed by atoms with E-state index in [0.717, 1.165) is 16.5 Å². The van der Waals surface area contributed by atoms with Crippen molar-refractivity contribution in [3.63, 3.8) is 0 Å². The molecule has 0 fully saturated rings. The summed E-state index contributed by atoms with van der Waals surface area (Å²) in [6.07, 6.45) is 0. The molecule has 2 rings (SSSR count). The lowest BCUT2D eigenvalue weighted by Crippen LogP contribution is -1.94. The van der Waals surface area contributed by atoms with E-state index in [2.05, 4.69) is 16.3 Å². The molecule has 0 aliphatic rings. The van der Waals surface area contributed by atoms with E-state index >= 15 is 0 Å². The quantitative estimate of drug-likeness (QED) is 0.810. The van der Waals surface area contributed by atoms with E-state index in [1.165, 1.54) is 0 Å². The number of benzene rings is 1. The second-order valence-electron chi connectivity index (χ2n) is 3.80. The molecule has 1 heterocycles.